The first-order valence-corrected chi connectivity index (χ1v) is 9.08. The average Bonchev–Trinajstić information content (AvgIpc) is 2.65. The number of carboxylic acid groups (broad SMARTS) is 1. The van der Waals surface area contributed by atoms with Crippen molar-refractivity contribution in [3.05, 3.63) is 56.2 Å². The van der Waals surface area contributed by atoms with Crippen LogP contribution in [0.2, 0.25) is 0 Å². The van der Waals surface area contributed by atoms with Crippen LogP contribution in [0.15, 0.2) is 35.1 Å². The third kappa shape index (κ3) is 3.80. The van der Waals surface area contributed by atoms with E-state index in [2.05, 4.69) is 10.3 Å². The summed E-state index contributed by atoms with van der Waals surface area (Å²) < 4.78 is 0. The van der Waals surface area contributed by atoms with E-state index in [0.717, 1.165) is 18.4 Å². The van der Waals surface area contributed by atoms with Gasteiger partial charge in [0, 0.05) is 30.1 Å². The van der Waals surface area contributed by atoms with Gasteiger partial charge in [-0.2, -0.15) is 0 Å². The molecule has 0 saturated carbocycles. The fourth-order valence-electron chi connectivity index (χ4n) is 3.34. The highest BCUT2D eigenvalue weighted by Gasteiger charge is 2.19. The molecule has 1 heterocycles. The predicted octanol–water partition coefficient (Wildman–Crippen LogP) is 3.95. The normalized spacial score (nSPS) is 11.0. The van der Waals surface area contributed by atoms with Gasteiger partial charge in [0.2, 0.25) is 0 Å². The van der Waals surface area contributed by atoms with E-state index in [9.17, 15) is 19.7 Å². The van der Waals surface area contributed by atoms with Crippen LogP contribution >= 0.6 is 0 Å². The van der Waals surface area contributed by atoms with Gasteiger partial charge in [0.05, 0.1) is 15.8 Å². The molecule has 1 aromatic heterocycles. The number of aliphatic carboxylic acids is 1. The largest absolute Gasteiger partial charge is 0.481 e. The highest BCUT2D eigenvalue weighted by atomic mass is 16.6. The maximum absolute atomic E-state index is 13.1. The molecule has 146 valence electrons. The molecule has 3 N–H and O–H groups in total. The predicted molar refractivity (Wildman–Crippen MR) is 108 cm³/mol. The van der Waals surface area contributed by atoms with E-state index in [1.54, 1.807) is 18.2 Å². The number of carboxylic acids is 1. The molecular weight excluding hydrogens is 362 g/mol. The number of H-pyrrole nitrogens is 1. The Labute approximate surface area is 160 Å². The van der Waals surface area contributed by atoms with Crippen LogP contribution in [-0.4, -0.2) is 27.5 Å². The van der Waals surface area contributed by atoms with E-state index in [0.29, 0.717) is 29.6 Å². The van der Waals surface area contributed by atoms with Crippen LogP contribution in [0.5, 0.6) is 0 Å². The number of pyridine rings is 1. The second-order valence-electron chi connectivity index (χ2n) is 6.72. The van der Waals surface area contributed by atoms with E-state index in [4.69, 9.17) is 5.11 Å². The van der Waals surface area contributed by atoms with Gasteiger partial charge in [-0.15, -0.1) is 0 Å². The van der Waals surface area contributed by atoms with Gasteiger partial charge in [0.1, 0.15) is 5.52 Å². The Morgan fingerprint density at radius 3 is 2.68 bits per heavy atom. The fourth-order valence-corrected chi connectivity index (χ4v) is 3.34. The number of unbranched alkanes of at least 4 members (excludes halogenated alkanes) is 2. The minimum Gasteiger partial charge on any atom is -0.481 e. The van der Waals surface area contributed by atoms with Crippen molar-refractivity contribution >= 4 is 39.1 Å². The summed E-state index contributed by atoms with van der Waals surface area (Å²) in [4.78, 5) is 37.7. The number of nitro groups is 1. The lowest BCUT2D eigenvalue weighted by atomic mass is 10.0. The summed E-state index contributed by atoms with van der Waals surface area (Å²) in [5, 5.41) is 24.0. The Kier molecular flexibility index (Phi) is 5.58. The number of hydrogen-bond donors (Lipinski definition) is 3. The summed E-state index contributed by atoms with van der Waals surface area (Å²) in [5.74, 6) is -0.817. The van der Waals surface area contributed by atoms with E-state index >= 15 is 0 Å². The number of carbonyl (C=O) groups is 1. The van der Waals surface area contributed by atoms with Crippen molar-refractivity contribution in [2.75, 3.05) is 11.9 Å². The highest BCUT2D eigenvalue weighted by Crippen LogP contribution is 2.30. The zero-order valence-electron chi connectivity index (χ0n) is 15.4. The second kappa shape index (κ2) is 8.08. The van der Waals surface area contributed by atoms with Gasteiger partial charge in [0.15, 0.2) is 5.43 Å². The van der Waals surface area contributed by atoms with Gasteiger partial charge in [-0.1, -0.05) is 18.6 Å². The zero-order chi connectivity index (χ0) is 20.3. The van der Waals surface area contributed by atoms with E-state index in [-0.39, 0.29) is 28.4 Å². The van der Waals surface area contributed by atoms with Crippen molar-refractivity contribution in [2.45, 2.75) is 32.6 Å². The van der Waals surface area contributed by atoms with Crippen molar-refractivity contribution in [2.24, 2.45) is 0 Å². The fraction of sp³-hybridized carbons (Fsp3) is 0.300. The molecule has 3 rings (SSSR count). The Morgan fingerprint density at radius 2 is 1.96 bits per heavy atom. The Balaban J connectivity index is 2.00. The van der Waals surface area contributed by atoms with Crippen LogP contribution in [0.3, 0.4) is 0 Å². The Morgan fingerprint density at radius 1 is 1.18 bits per heavy atom. The summed E-state index contributed by atoms with van der Waals surface area (Å²) in [5.41, 5.74) is 1.75. The molecule has 3 aromatic rings. The molecule has 28 heavy (non-hydrogen) atoms. The molecule has 0 aliphatic carbocycles. The molecular formula is C20H21N3O5. The number of nitrogens with zero attached hydrogens (tertiary/aromatic N) is 1. The van der Waals surface area contributed by atoms with Crippen molar-refractivity contribution in [3.63, 3.8) is 0 Å². The number of fused-ring (bicyclic) bond motifs is 2. The molecule has 0 aliphatic rings. The number of aromatic amines is 1. The van der Waals surface area contributed by atoms with E-state index in [1.165, 1.54) is 6.07 Å². The number of non-ortho nitro benzene ring substituents is 1. The smallest absolute Gasteiger partial charge is 0.303 e. The monoisotopic (exact) mass is 383 g/mol. The molecule has 0 spiro atoms. The van der Waals surface area contributed by atoms with Crippen molar-refractivity contribution < 1.29 is 14.8 Å². The van der Waals surface area contributed by atoms with Gasteiger partial charge in [-0.05, 0) is 37.5 Å². The molecule has 0 radical (unpaired) electrons. The van der Waals surface area contributed by atoms with Crippen LogP contribution in [0.1, 0.15) is 31.2 Å². The summed E-state index contributed by atoms with van der Waals surface area (Å²) in [6.07, 6.45) is 2.19. The SMILES string of the molecule is Cc1cccc2c(=O)c3c(NCCCCCC(=O)O)ccc([N+](=O)[O-])c3[nH]c12. The Hall–Kier alpha value is -3.42. The zero-order valence-corrected chi connectivity index (χ0v) is 15.4. The quantitative estimate of drug-likeness (QED) is 0.234. The maximum Gasteiger partial charge on any atom is 0.303 e. The molecule has 0 amide bonds. The lowest BCUT2D eigenvalue weighted by Gasteiger charge is -2.12. The minimum atomic E-state index is -0.817. The van der Waals surface area contributed by atoms with Crippen LogP contribution in [0.25, 0.3) is 21.8 Å². The molecule has 8 heteroatoms. The molecule has 0 fully saturated rings. The molecule has 0 atom stereocenters. The Bertz CT molecular complexity index is 1120. The number of nitrogens with one attached hydrogen (secondary N) is 2. The standard InChI is InChI=1S/C20H21N3O5/c1-12-6-5-7-13-18(12)22-19-15(23(27)28)10-9-14(17(19)20(13)26)21-11-4-2-3-8-16(24)25/h5-7,9-10,21H,2-4,8,11H2,1H3,(H,22,26)(H,24,25). The highest BCUT2D eigenvalue weighted by molar-refractivity contribution is 6.03. The van der Waals surface area contributed by atoms with Crippen molar-refractivity contribution in [3.8, 4) is 0 Å². The first-order valence-electron chi connectivity index (χ1n) is 9.08. The van der Waals surface area contributed by atoms with E-state index < -0.39 is 10.9 Å². The maximum atomic E-state index is 13.1. The summed E-state index contributed by atoms with van der Waals surface area (Å²) in [7, 11) is 0. The van der Waals surface area contributed by atoms with Gasteiger partial charge < -0.3 is 15.4 Å². The van der Waals surface area contributed by atoms with Crippen LogP contribution < -0.4 is 10.7 Å². The topological polar surface area (TPSA) is 125 Å². The number of rotatable bonds is 8. The molecule has 0 bridgehead atoms. The lowest BCUT2D eigenvalue weighted by Crippen LogP contribution is -2.11. The van der Waals surface area contributed by atoms with Crippen LogP contribution in [-0.2, 0) is 4.79 Å². The molecule has 0 aliphatic heterocycles. The first-order chi connectivity index (χ1) is 13.4. The number of hydrogen-bond acceptors (Lipinski definition) is 5. The number of anilines is 1. The van der Waals surface area contributed by atoms with E-state index in [1.807, 2.05) is 13.0 Å². The number of aryl methyl sites for hydroxylation is 1. The van der Waals surface area contributed by atoms with Crippen LogP contribution in [0.4, 0.5) is 11.4 Å². The number of para-hydroxylation sites is 1. The summed E-state index contributed by atoms with van der Waals surface area (Å²) in [6, 6.07) is 8.26. The third-order valence-corrected chi connectivity index (χ3v) is 4.76. The summed E-state index contributed by atoms with van der Waals surface area (Å²) >= 11 is 0. The van der Waals surface area contributed by atoms with Crippen molar-refractivity contribution in [1.29, 1.82) is 0 Å². The summed E-state index contributed by atoms with van der Waals surface area (Å²) in [6.45, 7) is 2.38. The molecule has 2 aromatic carbocycles. The molecule has 0 saturated heterocycles. The molecule has 8 nitrogen and oxygen atoms in total. The van der Waals surface area contributed by atoms with Gasteiger partial charge in [0.25, 0.3) is 5.69 Å². The molecule has 0 unspecified atom stereocenters. The van der Waals surface area contributed by atoms with Gasteiger partial charge in [-0.25, -0.2) is 0 Å². The first kappa shape index (κ1) is 19.3. The third-order valence-electron chi connectivity index (χ3n) is 4.76. The number of nitro benzene ring substituents is 1. The second-order valence-corrected chi connectivity index (χ2v) is 6.72. The van der Waals surface area contributed by atoms with Gasteiger partial charge >= 0.3 is 5.97 Å². The van der Waals surface area contributed by atoms with Crippen LogP contribution in [0, 0.1) is 17.0 Å². The van der Waals surface area contributed by atoms with Gasteiger partial charge in [-0.3, -0.25) is 19.7 Å². The lowest BCUT2D eigenvalue weighted by molar-refractivity contribution is -0.383. The minimum absolute atomic E-state index is 0.130. The van der Waals surface area contributed by atoms with Crippen molar-refractivity contribution in [1.82, 2.24) is 4.98 Å². The number of aromatic nitrogens is 1. The average molecular weight is 383 g/mol. The number of benzene rings is 2.